The second-order valence-electron chi connectivity index (χ2n) is 4.58. The number of nitrogens with zero attached hydrogens (tertiary/aromatic N) is 4. The van der Waals surface area contributed by atoms with Gasteiger partial charge in [-0.1, -0.05) is 5.64 Å². The van der Waals surface area contributed by atoms with Crippen molar-refractivity contribution in [3.8, 4) is 0 Å². The largest absolute Gasteiger partial charge is 0.394 e. The molecule has 0 saturated carbocycles. The number of imidazole rings is 1. The van der Waals surface area contributed by atoms with Gasteiger partial charge in [-0.3, -0.25) is 14.6 Å². The third kappa shape index (κ3) is 2.15. The number of nitrogens with one attached hydrogen (secondary N) is 1. The molecule has 3 rings (SSSR count). The van der Waals surface area contributed by atoms with Gasteiger partial charge >= 0.3 is 0 Å². The van der Waals surface area contributed by atoms with Crippen LogP contribution in [0.4, 0.5) is 0 Å². The maximum atomic E-state index is 9.27. The molecule has 0 aromatic carbocycles. The highest BCUT2D eigenvalue weighted by Crippen LogP contribution is 2.32. The number of aliphatic hydroxyl groups is 1. The van der Waals surface area contributed by atoms with E-state index in [1.165, 1.54) is 6.33 Å². The van der Waals surface area contributed by atoms with Crippen LogP contribution in [0.25, 0.3) is 11.2 Å². The summed E-state index contributed by atoms with van der Waals surface area (Å²) in [5, 5.41) is 17.9. The quantitative estimate of drug-likeness (QED) is 0.654. The zero-order valence-corrected chi connectivity index (χ0v) is 10.8. The van der Waals surface area contributed by atoms with Crippen LogP contribution in [0, 0.1) is 6.92 Å². The van der Waals surface area contributed by atoms with Gasteiger partial charge in [0.2, 0.25) is 0 Å². The van der Waals surface area contributed by atoms with E-state index in [4.69, 9.17) is 14.8 Å². The van der Waals surface area contributed by atoms with Crippen molar-refractivity contribution >= 4 is 11.2 Å². The molecule has 3 atom stereocenters. The van der Waals surface area contributed by atoms with Crippen molar-refractivity contribution in [1.29, 1.82) is 0 Å². The molecule has 1 fully saturated rings. The van der Waals surface area contributed by atoms with Gasteiger partial charge in [-0.2, -0.15) is 0 Å². The van der Waals surface area contributed by atoms with Gasteiger partial charge in [0.1, 0.15) is 30.3 Å². The van der Waals surface area contributed by atoms with E-state index in [0.29, 0.717) is 17.6 Å². The number of ether oxygens (including phenoxy) is 1. The van der Waals surface area contributed by atoms with E-state index in [2.05, 4.69) is 15.0 Å². The Hall–Kier alpha value is -1.65. The lowest BCUT2D eigenvalue weighted by atomic mass is 10.2. The minimum absolute atomic E-state index is 0.205. The molecule has 0 spiro atoms. The Kier molecular flexibility index (Phi) is 3.59. The van der Waals surface area contributed by atoms with Gasteiger partial charge < -0.3 is 9.84 Å². The summed E-state index contributed by atoms with van der Waals surface area (Å²) in [6.45, 7) is 1.65. The molecular weight excluding hydrogens is 266 g/mol. The SMILES string of the molecule is Cc1ncnc2c1ncn2C1C[C@H](ONO)C(CO)O1. The lowest BCUT2D eigenvalue weighted by Gasteiger charge is -2.14. The Bertz CT molecular complexity index is 604. The van der Waals surface area contributed by atoms with Crippen molar-refractivity contribution in [2.45, 2.75) is 31.8 Å². The highest BCUT2D eigenvalue weighted by molar-refractivity contribution is 5.72. The van der Waals surface area contributed by atoms with E-state index in [0.717, 1.165) is 5.69 Å². The van der Waals surface area contributed by atoms with Crippen LogP contribution in [-0.4, -0.2) is 48.6 Å². The fraction of sp³-hybridized carbons (Fsp3) is 0.545. The Morgan fingerprint density at radius 3 is 3.10 bits per heavy atom. The fourth-order valence-corrected chi connectivity index (χ4v) is 2.41. The Morgan fingerprint density at radius 2 is 2.35 bits per heavy atom. The van der Waals surface area contributed by atoms with Crippen LogP contribution in [0.1, 0.15) is 18.3 Å². The molecule has 2 aromatic rings. The molecule has 3 N–H and O–H groups in total. The summed E-state index contributed by atoms with van der Waals surface area (Å²) in [4.78, 5) is 17.5. The molecule has 1 aliphatic heterocycles. The van der Waals surface area contributed by atoms with Gasteiger partial charge in [0.05, 0.1) is 18.6 Å². The zero-order chi connectivity index (χ0) is 14.1. The van der Waals surface area contributed by atoms with Gasteiger partial charge in [0.25, 0.3) is 0 Å². The molecule has 2 unspecified atom stereocenters. The molecule has 3 heterocycles. The van der Waals surface area contributed by atoms with Crippen LogP contribution in [0.5, 0.6) is 0 Å². The minimum Gasteiger partial charge on any atom is -0.394 e. The van der Waals surface area contributed by atoms with Crippen LogP contribution < -0.4 is 5.64 Å². The Morgan fingerprint density at radius 1 is 1.50 bits per heavy atom. The van der Waals surface area contributed by atoms with E-state index in [9.17, 15) is 5.11 Å². The minimum atomic E-state index is -0.528. The van der Waals surface area contributed by atoms with Gasteiger partial charge in [0, 0.05) is 6.42 Å². The van der Waals surface area contributed by atoms with Crippen LogP contribution in [0.15, 0.2) is 12.7 Å². The molecule has 9 heteroatoms. The molecule has 1 saturated heterocycles. The monoisotopic (exact) mass is 281 g/mol. The summed E-state index contributed by atoms with van der Waals surface area (Å²) in [6, 6.07) is 0. The van der Waals surface area contributed by atoms with Gasteiger partial charge in [0.15, 0.2) is 5.65 Å². The molecule has 108 valence electrons. The van der Waals surface area contributed by atoms with Crippen molar-refractivity contribution in [2.75, 3.05) is 6.61 Å². The van der Waals surface area contributed by atoms with Crippen molar-refractivity contribution in [1.82, 2.24) is 25.2 Å². The summed E-state index contributed by atoms with van der Waals surface area (Å²) < 4.78 is 7.48. The fourth-order valence-electron chi connectivity index (χ4n) is 2.41. The van der Waals surface area contributed by atoms with Crippen molar-refractivity contribution in [2.24, 2.45) is 0 Å². The Balaban J connectivity index is 1.90. The predicted octanol–water partition coefficient (Wildman–Crippen LogP) is -0.306. The Labute approximate surface area is 114 Å². The second kappa shape index (κ2) is 5.38. The summed E-state index contributed by atoms with van der Waals surface area (Å²) in [5.74, 6) is 0. The standard InChI is InChI=1S/C11H15N5O4/c1-6-10-11(13-4-12-6)16(5-14-10)9-2-7(20-15-18)8(3-17)19-9/h4-5,7-9,15,17-18H,2-3H2,1H3/t7-,8?,9?/m0/s1. The number of rotatable bonds is 4. The molecule has 9 nitrogen and oxygen atoms in total. The molecule has 0 bridgehead atoms. The number of aromatic nitrogens is 4. The van der Waals surface area contributed by atoms with Crippen LogP contribution >= 0.6 is 0 Å². The first kappa shape index (κ1) is 13.3. The number of hydrogen-bond acceptors (Lipinski definition) is 8. The highest BCUT2D eigenvalue weighted by atomic mass is 16.8. The number of aryl methyl sites for hydroxylation is 1. The maximum absolute atomic E-state index is 9.27. The first-order valence-corrected chi connectivity index (χ1v) is 6.19. The lowest BCUT2D eigenvalue weighted by molar-refractivity contribution is -0.179. The van der Waals surface area contributed by atoms with Crippen LogP contribution in [0.3, 0.4) is 0 Å². The van der Waals surface area contributed by atoms with E-state index in [1.807, 2.05) is 6.92 Å². The molecule has 0 radical (unpaired) electrons. The summed E-state index contributed by atoms with van der Waals surface area (Å²) in [6.07, 6.45) is 2.19. The zero-order valence-electron chi connectivity index (χ0n) is 10.8. The molecule has 2 aromatic heterocycles. The van der Waals surface area contributed by atoms with Crippen molar-refractivity contribution < 1.29 is 19.9 Å². The van der Waals surface area contributed by atoms with E-state index < -0.39 is 12.2 Å². The van der Waals surface area contributed by atoms with Gasteiger partial charge in [-0.25, -0.2) is 15.0 Å². The third-order valence-electron chi connectivity index (χ3n) is 3.42. The first-order valence-electron chi connectivity index (χ1n) is 6.19. The average molecular weight is 281 g/mol. The smallest absolute Gasteiger partial charge is 0.165 e. The normalized spacial score (nSPS) is 26.4. The summed E-state index contributed by atoms with van der Waals surface area (Å²) in [7, 11) is 0. The van der Waals surface area contributed by atoms with E-state index >= 15 is 0 Å². The van der Waals surface area contributed by atoms with E-state index in [-0.39, 0.29) is 12.8 Å². The topological polar surface area (TPSA) is 115 Å². The number of hydrogen-bond donors (Lipinski definition) is 3. The molecule has 0 aliphatic carbocycles. The second-order valence-corrected chi connectivity index (χ2v) is 4.58. The average Bonchev–Trinajstić information content (AvgIpc) is 3.03. The number of fused-ring (bicyclic) bond motifs is 1. The molecule has 20 heavy (non-hydrogen) atoms. The summed E-state index contributed by atoms with van der Waals surface area (Å²) in [5.41, 5.74) is 3.80. The lowest BCUT2D eigenvalue weighted by Crippen LogP contribution is -2.31. The molecule has 0 amide bonds. The van der Waals surface area contributed by atoms with Crippen LogP contribution in [-0.2, 0) is 9.57 Å². The predicted molar refractivity (Wildman–Crippen MR) is 65.5 cm³/mol. The van der Waals surface area contributed by atoms with Gasteiger partial charge in [-0.15, -0.1) is 0 Å². The maximum Gasteiger partial charge on any atom is 0.165 e. The van der Waals surface area contributed by atoms with Gasteiger partial charge in [-0.05, 0) is 6.92 Å². The first-order chi connectivity index (χ1) is 9.74. The molecule has 1 aliphatic rings. The van der Waals surface area contributed by atoms with Crippen molar-refractivity contribution in [3.05, 3.63) is 18.3 Å². The number of aliphatic hydroxyl groups excluding tert-OH is 1. The highest BCUT2D eigenvalue weighted by Gasteiger charge is 2.37. The van der Waals surface area contributed by atoms with Crippen LogP contribution in [0.2, 0.25) is 0 Å². The van der Waals surface area contributed by atoms with E-state index in [1.54, 1.807) is 16.5 Å². The van der Waals surface area contributed by atoms with Crippen molar-refractivity contribution in [3.63, 3.8) is 0 Å². The third-order valence-corrected chi connectivity index (χ3v) is 3.42. The molecular formula is C11H15N5O4. The summed E-state index contributed by atoms with van der Waals surface area (Å²) >= 11 is 0.